The van der Waals surface area contributed by atoms with Crippen LogP contribution in [0.3, 0.4) is 0 Å². The first-order chi connectivity index (χ1) is 15.5. The van der Waals surface area contributed by atoms with Crippen LogP contribution < -0.4 is 16.4 Å². The zero-order chi connectivity index (χ0) is 23.9. The van der Waals surface area contributed by atoms with Crippen LogP contribution in [0.15, 0.2) is 35.1 Å². The summed E-state index contributed by atoms with van der Waals surface area (Å²) in [6.45, 7) is 9.80. The number of halogens is 1. The van der Waals surface area contributed by atoms with Crippen LogP contribution in [-0.4, -0.2) is 30.9 Å². The Hall–Kier alpha value is -4.02. The van der Waals surface area contributed by atoms with Crippen LogP contribution in [0.1, 0.15) is 46.4 Å². The first kappa shape index (κ1) is 22.2. The van der Waals surface area contributed by atoms with Crippen molar-refractivity contribution < 1.29 is 13.7 Å². The van der Waals surface area contributed by atoms with E-state index < -0.39 is 11.8 Å². The van der Waals surface area contributed by atoms with Gasteiger partial charge in [-0.15, -0.1) is 0 Å². The standard InChI is InChI=1S/C22H25FN8O2/c1-11(2)31-20-17(19(24)25-10-26-20)18(29-31)12-6-7-14(13(23)8-12)27-21(32)28-16-9-15(33-30-16)22(3,4)5/h6-11H,1-5H3,(H2,24,25,26)(H2,27,28,30,32). The third-order valence-corrected chi connectivity index (χ3v) is 4.99. The Labute approximate surface area is 189 Å². The minimum atomic E-state index is -0.650. The molecule has 0 unspecified atom stereocenters. The maximum Gasteiger partial charge on any atom is 0.325 e. The number of amides is 2. The molecule has 0 atom stereocenters. The number of nitrogen functional groups attached to an aromatic ring is 1. The summed E-state index contributed by atoms with van der Waals surface area (Å²) in [6.07, 6.45) is 1.37. The van der Waals surface area contributed by atoms with E-state index >= 15 is 0 Å². The highest BCUT2D eigenvalue weighted by molar-refractivity contribution is 6.00. The number of anilines is 3. The number of nitrogens with zero attached hydrogens (tertiary/aromatic N) is 5. The van der Waals surface area contributed by atoms with E-state index in [0.29, 0.717) is 28.1 Å². The zero-order valence-corrected chi connectivity index (χ0v) is 19.0. The highest BCUT2D eigenvalue weighted by Gasteiger charge is 2.21. The van der Waals surface area contributed by atoms with E-state index in [4.69, 9.17) is 10.3 Å². The smallest absolute Gasteiger partial charge is 0.325 e. The predicted octanol–water partition coefficient (Wildman–Crippen LogP) is 4.73. The molecule has 0 fully saturated rings. The van der Waals surface area contributed by atoms with Crippen molar-refractivity contribution >= 4 is 34.4 Å². The molecule has 0 radical (unpaired) electrons. The van der Waals surface area contributed by atoms with Crippen LogP contribution in [-0.2, 0) is 5.41 Å². The van der Waals surface area contributed by atoms with Crippen LogP contribution in [0.2, 0.25) is 0 Å². The van der Waals surface area contributed by atoms with Gasteiger partial charge in [-0.3, -0.25) is 5.32 Å². The lowest BCUT2D eigenvalue weighted by atomic mass is 9.93. The normalized spacial score (nSPS) is 11.8. The molecule has 0 aliphatic carbocycles. The number of fused-ring (bicyclic) bond motifs is 1. The molecule has 1 aromatic carbocycles. The summed E-state index contributed by atoms with van der Waals surface area (Å²) in [4.78, 5) is 20.7. The van der Waals surface area contributed by atoms with Crippen molar-refractivity contribution in [1.82, 2.24) is 24.9 Å². The average Bonchev–Trinajstić information content (AvgIpc) is 3.35. The van der Waals surface area contributed by atoms with E-state index in [2.05, 4.69) is 30.9 Å². The van der Waals surface area contributed by atoms with Crippen LogP contribution in [0.25, 0.3) is 22.3 Å². The summed E-state index contributed by atoms with van der Waals surface area (Å²) in [5.74, 6) is 0.465. The Bertz CT molecular complexity index is 1340. The van der Waals surface area contributed by atoms with Gasteiger partial charge >= 0.3 is 6.03 Å². The van der Waals surface area contributed by atoms with Gasteiger partial charge < -0.3 is 15.6 Å². The van der Waals surface area contributed by atoms with Crippen molar-refractivity contribution in [3.05, 3.63) is 42.2 Å². The second-order valence-electron chi connectivity index (χ2n) is 8.94. The molecule has 33 heavy (non-hydrogen) atoms. The number of benzene rings is 1. The topological polar surface area (TPSA) is 137 Å². The molecule has 4 N–H and O–H groups in total. The fraction of sp³-hybridized carbons (Fsp3) is 0.318. The number of carbonyl (C=O) groups excluding carboxylic acids is 1. The van der Waals surface area contributed by atoms with Gasteiger partial charge in [-0.1, -0.05) is 32.0 Å². The monoisotopic (exact) mass is 452 g/mol. The summed E-state index contributed by atoms with van der Waals surface area (Å²) >= 11 is 0. The maximum absolute atomic E-state index is 14.9. The third kappa shape index (κ3) is 4.34. The minimum absolute atomic E-state index is 0.00684. The summed E-state index contributed by atoms with van der Waals surface area (Å²) in [6, 6.07) is 5.37. The average molecular weight is 452 g/mol. The molecule has 2 amide bonds. The van der Waals surface area contributed by atoms with Crippen molar-refractivity contribution in [2.75, 3.05) is 16.4 Å². The largest absolute Gasteiger partial charge is 0.383 e. The molecular weight excluding hydrogens is 427 g/mol. The van der Waals surface area contributed by atoms with Gasteiger partial charge in [0.15, 0.2) is 11.5 Å². The predicted molar refractivity (Wildman–Crippen MR) is 123 cm³/mol. The van der Waals surface area contributed by atoms with E-state index in [9.17, 15) is 9.18 Å². The number of nitrogens with one attached hydrogen (secondary N) is 2. The van der Waals surface area contributed by atoms with Crippen molar-refractivity contribution in [1.29, 1.82) is 0 Å². The molecule has 172 valence electrons. The number of hydrogen-bond donors (Lipinski definition) is 3. The van der Waals surface area contributed by atoms with Gasteiger partial charge in [0.05, 0.1) is 11.1 Å². The van der Waals surface area contributed by atoms with Crippen molar-refractivity contribution in [3.8, 4) is 11.3 Å². The molecule has 3 aromatic heterocycles. The van der Waals surface area contributed by atoms with Gasteiger partial charge in [0, 0.05) is 23.1 Å². The fourth-order valence-corrected chi connectivity index (χ4v) is 3.28. The number of urea groups is 1. The highest BCUT2D eigenvalue weighted by atomic mass is 19.1. The Kier molecular flexibility index (Phi) is 5.48. The van der Waals surface area contributed by atoms with Crippen LogP contribution in [0, 0.1) is 5.82 Å². The van der Waals surface area contributed by atoms with Crippen molar-refractivity contribution in [2.45, 2.75) is 46.1 Å². The van der Waals surface area contributed by atoms with Crippen molar-refractivity contribution in [2.24, 2.45) is 0 Å². The van der Waals surface area contributed by atoms with Gasteiger partial charge in [0.1, 0.15) is 29.4 Å². The molecule has 0 aliphatic rings. The van der Waals surface area contributed by atoms with Gasteiger partial charge in [-0.25, -0.2) is 23.8 Å². The first-order valence-corrected chi connectivity index (χ1v) is 10.4. The van der Waals surface area contributed by atoms with Crippen molar-refractivity contribution in [3.63, 3.8) is 0 Å². The Balaban J connectivity index is 1.58. The van der Waals surface area contributed by atoms with Gasteiger partial charge in [-0.2, -0.15) is 5.10 Å². The molecule has 11 heteroatoms. The van der Waals surface area contributed by atoms with Crippen LogP contribution in [0.5, 0.6) is 0 Å². The van der Waals surface area contributed by atoms with Crippen LogP contribution >= 0.6 is 0 Å². The molecule has 3 heterocycles. The molecule has 0 aliphatic heterocycles. The van der Waals surface area contributed by atoms with E-state index in [0.717, 1.165) is 0 Å². The van der Waals surface area contributed by atoms with Gasteiger partial charge in [-0.05, 0) is 26.0 Å². The number of nitrogens with two attached hydrogens (primary N) is 1. The summed E-state index contributed by atoms with van der Waals surface area (Å²) in [7, 11) is 0. The molecule has 0 saturated carbocycles. The van der Waals surface area contributed by atoms with E-state index in [1.165, 1.54) is 18.5 Å². The lowest BCUT2D eigenvalue weighted by Crippen LogP contribution is -2.20. The molecule has 0 bridgehead atoms. The minimum Gasteiger partial charge on any atom is -0.383 e. The second-order valence-corrected chi connectivity index (χ2v) is 8.94. The van der Waals surface area contributed by atoms with E-state index in [1.807, 2.05) is 34.6 Å². The summed E-state index contributed by atoms with van der Waals surface area (Å²) in [5, 5.41) is 14.0. The van der Waals surface area contributed by atoms with Gasteiger partial charge in [0.25, 0.3) is 0 Å². The number of rotatable bonds is 4. The number of aromatic nitrogens is 5. The Morgan fingerprint density at radius 1 is 1.18 bits per heavy atom. The molecule has 0 spiro atoms. The molecular formula is C22H25FN8O2. The molecule has 10 nitrogen and oxygen atoms in total. The maximum atomic E-state index is 14.9. The summed E-state index contributed by atoms with van der Waals surface area (Å²) < 4.78 is 21.8. The van der Waals surface area contributed by atoms with Crippen LogP contribution in [0.4, 0.5) is 26.5 Å². The first-order valence-electron chi connectivity index (χ1n) is 10.4. The molecule has 4 rings (SSSR count). The Morgan fingerprint density at radius 3 is 2.58 bits per heavy atom. The highest BCUT2D eigenvalue weighted by Crippen LogP contribution is 2.33. The second kappa shape index (κ2) is 8.15. The van der Waals surface area contributed by atoms with Gasteiger partial charge in [0.2, 0.25) is 0 Å². The SMILES string of the molecule is CC(C)n1nc(-c2ccc(NC(=O)Nc3cc(C(C)(C)C)on3)c(F)c2)c2c(N)ncnc21. The molecule has 0 saturated heterocycles. The lowest BCUT2D eigenvalue weighted by Gasteiger charge is -2.12. The number of hydrogen-bond acceptors (Lipinski definition) is 7. The third-order valence-electron chi connectivity index (χ3n) is 4.99. The quantitative estimate of drug-likeness (QED) is 0.407. The fourth-order valence-electron chi connectivity index (χ4n) is 3.28. The lowest BCUT2D eigenvalue weighted by molar-refractivity contribution is 0.261. The van der Waals surface area contributed by atoms with E-state index in [-0.39, 0.29) is 28.8 Å². The molecule has 4 aromatic rings. The Morgan fingerprint density at radius 2 is 1.94 bits per heavy atom. The number of carbonyl (C=O) groups is 1. The zero-order valence-electron chi connectivity index (χ0n) is 19.0. The summed E-state index contributed by atoms with van der Waals surface area (Å²) in [5.41, 5.74) is 7.31. The van der Waals surface area contributed by atoms with E-state index in [1.54, 1.807) is 16.8 Å².